The molecular formula is C16H20N2O3. The Hall–Kier alpha value is -2.17. The molecule has 0 amide bonds. The van der Waals surface area contributed by atoms with Crippen molar-refractivity contribution < 1.29 is 14.1 Å². The summed E-state index contributed by atoms with van der Waals surface area (Å²) in [7, 11) is 0. The predicted molar refractivity (Wildman–Crippen MR) is 77.7 cm³/mol. The van der Waals surface area contributed by atoms with Crippen LogP contribution >= 0.6 is 0 Å². The molecule has 5 nitrogen and oxygen atoms in total. The van der Waals surface area contributed by atoms with Crippen molar-refractivity contribution in [2.45, 2.75) is 45.6 Å². The Kier molecular flexibility index (Phi) is 4.40. The van der Waals surface area contributed by atoms with Gasteiger partial charge in [-0.25, -0.2) is 0 Å². The van der Waals surface area contributed by atoms with Gasteiger partial charge in [0.1, 0.15) is 0 Å². The molecule has 0 saturated carbocycles. The smallest absolute Gasteiger partial charge is 0.311 e. The van der Waals surface area contributed by atoms with Gasteiger partial charge >= 0.3 is 5.97 Å². The molecule has 1 atom stereocenters. The summed E-state index contributed by atoms with van der Waals surface area (Å²) in [5, 5.41) is 3.92. The van der Waals surface area contributed by atoms with E-state index in [1.165, 1.54) is 0 Å². The number of aromatic nitrogens is 2. The number of ether oxygens (including phenoxy) is 1. The number of rotatable bonds is 4. The van der Waals surface area contributed by atoms with Crippen molar-refractivity contribution in [3.63, 3.8) is 0 Å². The fourth-order valence-corrected chi connectivity index (χ4v) is 1.76. The molecule has 0 radical (unpaired) electrons. The van der Waals surface area contributed by atoms with Gasteiger partial charge in [0, 0.05) is 5.41 Å². The third-order valence-corrected chi connectivity index (χ3v) is 2.96. The summed E-state index contributed by atoms with van der Waals surface area (Å²) in [4.78, 5) is 16.2. The van der Waals surface area contributed by atoms with E-state index in [0.29, 0.717) is 11.7 Å². The second-order valence-corrected chi connectivity index (χ2v) is 6.00. The van der Waals surface area contributed by atoms with Gasteiger partial charge in [-0.2, -0.15) is 4.98 Å². The minimum atomic E-state index is -0.551. The maximum atomic E-state index is 11.9. The lowest BCUT2D eigenvalue weighted by atomic mass is 9.96. The van der Waals surface area contributed by atoms with Crippen molar-refractivity contribution in [3.8, 4) is 0 Å². The maximum absolute atomic E-state index is 11.9. The third-order valence-electron chi connectivity index (χ3n) is 2.96. The average molecular weight is 288 g/mol. The van der Waals surface area contributed by atoms with Crippen LogP contribution in [0.15, 0.2) is 34.9 Å². The van der Waals surface area contributed by atoms with Gasteiger partial charge in [-0.05, 0) is 12.5 Å². The van der Waals surface area contributed by atoms with Gasteiger partial charge in [0.2, 0.25) is 0 Å². The maximum Gasteiger partial charge on any atom is 0.311 e. The molecule has 1 unspecified atom stereocenters. The van der Waals surface area contributed by atoms with Gasteiger partial charge in [0.05, 0.1) is 6.42 Å². The first-order chi connectivity index (χ1) is 9.86. The number of hydrogen-bond donors (Lipinski definition) is 0. The van der Waals surface area contributed by atoms with E-state index in [1.54, 1.807) is 6.92 Å². The molecule has 0 aliphatic heterocycles. The Labute approximate surface area is 124 Å². The normalized spacial score (nSPS) is 13.0. The summed E-state index contributed by atoms with van der Waals surface area (Å²) in [6.45, 7) is 7.71. The first-order valence-electron chi connectivity index (χ1n) is 6.94. The SMILES string of the molecule is CC(OC(=O)Cc1ccccc1)c1nc(C(C)(C)C)no1. The lowest BCUT2D eigenvalue weighted by molar-refractivity contribution is -0.148. The van der Waals surface area contributed by atoms with Crippen LogP contribution in [0.4, 0.5) is 0 Å². The fourth-order valence-electron chi connectivity index (χ4n) is 1.76. The van der Waals surface area contributed by atoms with Crippen LogP contribution in [0.1, 0.15) is 51.1 Å². The van der Waals surface area contributed by atoms with E-state index in [4.69, 9.17) is 9.26 Å². The number of benzene rings is 1. The summed E-state index contributed by atoms with van der Waals surface area (Å²) in [5.41, 5.74) is 0.714. The van der Waals surface area contributed by atoms with E-state index in [9.17, 15) is 4.79 Å². The predicted octanol–water partition coefficient (Wildman–Crippen LogP) is 3.21. The molecule has 1 aromatic carbocycles. The van der Waals surface area contributed by atoms with Crippen molar-refractivity contribution in [2.24, 2.45) is 0 Å². The molecule has 0 saturated heterocycles. The van der Waals surface area contributed by atoms with Crippen LogP contribution in [0.25, 0.3) is 0 Å². The first kappa shape index (κ1) is 15.2. The van der Waals surface area contributed by atoms with E-state index in [0.717, 1.165) is 5.56 Å². The van der Waals surface area contributed by atoms with E-state index in [2.05, 4.69) is 10.1 Å². The summed E-state index contributed by atoms with van der Waals surface area (Å²) >= 11 is 0. The molecule has 5 heteroatoms. The molecule has 2 rings (SSSR count). The largest absolute Gasteiger partial charge is 0.452 e. The van der Waals surface area contributed by atoms with Gasteiger partial charge < -0.3 is 9.26 Å². The van der Waals surface area contributed by atoms with Crippen LogP contribution in [-0.4, -0.2) is 16.1 Å². The van der Waals surface area contributed by atoms with E-state index >= 15 is 0 Å². The van der Waals surface area contributed by atoms with Crippen LogP contribution in [0.5, 0.6) is 0 Å². The molecule has 0 fully saturated rings. The summed E-state index contributed by atoms with van der Waals surface area (Å²) in [5.74, 6) is 0.606. The summed E-state index contributed by atoms with van der Waals surface area (Å²) in [6, 6.07) is 9.45. The lowest BCUT2D eigenvalue weighted by Crippen LogP contribution is -2.14. The molecular weight excluding hydrogens is 268 g/mol. The Bertz CT molecular complexity index is 599. The number of carbonyl (C=O) groups excluding carboxylic acids is 1. The standard InChI is InChI=1S/C16H20N2O3/c1-11(14-17-15(18-21-14)16(2,3)4)20-13(19)10-12-8-6-5-7-9-12/h5-9,11H,10H2,1-4H3. The van der Waals surface area contributed by atoms with Gasteiger partial charge in [-0.1, -0.05) is 56.3 Å². The average Bonchev–Trinajstić information content (AvgIpc) is 2.89. The minimum absolute atomic E-state index is 0.199. The van der Waals surface area contributed by atoms with Gasteiger partial charge in [0.15, 0.2) is 11.9 Å². The van der Waals surface area contributed by atoms with Crippen molar-refractivity contribution in [1.82, 2.24) is 10.1 Å². The fraction of sp³-hybridized carbons (Fsp3) is 0.438. The Morgan fingerprint density at radius 3 is 2.52 bits per heavy atom. The second kappa shape index (κ2) is 6.08. The van der Waals surface area contributed by atoms with Crippen LogP contribution in [-0.2, 0) is 21.4 Å². The molecule has 0 spiro atoms. The summed E-state index contributed by atoms with van der Waals surface area (Å²) < 4.78 is 10.5. The highest BCUT2D eigenvalue weighted by Gasteiger charge is 2.24. The molecule has 21 heavy (non-hydrogen) atoms. The Morgan fingerprint density at radius 1 is 1.29 bits per heavy atom. The molecule has 1 heterocycles. The molecule has 0 aliphatic carbocycles. The zero-order chi connectivity index (χ0) is 15.5. The van der Waals surface area contributed by atoms with Crippen LogP contribution in [0.2, 0.25) is 0 Å². The first-order valence-corrected chi connectivity index (χ1v) is 6.94. The zero-order valence-corrected chi connectivity index (χ0v) is 12.8. The minimum Gasteiger partial charge on any atom is -0.452 e. The van der Waals surface area contributed by atoms with Crippen LogP contribution < -0.4 is 0 Å². The molecule has 0 N–H and O–H groups in total. The Morgan fingerprint density at radius 2 is 1.95 bits per heavy atom. The summed E-state index contributed by atoms with van der Waals surface area (Å²) in [6.07, 6.45) is -0.323. The number of nitrogens with zero attached hydrogens (tertiary/aromatic N) is 2. The van der Waals surface area contributed by atoms with E-state index in [-0.39, 0.29) is 17.8 Å². The van der Waals surface area contributed by atoms with Gasteiger partial charge in [-0.15, -0.1) is 0 Å². The number of hydrogen-bond acceptors (Lipinski definition) is 5. The zero-order valence-electron chi connectivity index (χ0n) is 12.8. The molecule has 0 aliphatic rings. The quantitative estimate of drug-likeness (QED) is 0.808. The van der Waals surface area contributed by atoms with Crippen LogP contribution in [0.3, 0.4) is 0 Å². The molecule has 2 aromatic rings. The van der Waals surface area contributed by atoms with Gasteiger partial charge in [-0.3, -0.25) is 4.79 Å². The van der Waals surface area contributed by atoms with Crippen molar-refractivity contribution >= 4 is 5.97 Å². The van der Waals surface area contributed by atoms with Crippen molar-refractivity contribution in [3.05, 3.63) is 47.6 Å². The van der Waals surface area contributed by atoms with Gasteiger partial charge in [0.25, 0.3) is 5.89 Å². The monoisotopic (exact) mass is 288 g/mol. The molecule has 112 valence electrons. The Balaban J connectivity index is 1.96. The van der Waals surface area contributed by atoms with Crippen molar-refractivity contribution in [1.29, 1.82) is 0 Å². The highest BCUT2D eigenvalue weighted by molar-refractivity contribution is 5.72. The number of esters is 1. The van der Waals surface area contributed by atoms with Crippen molar-refractivity contribution in [2.75, 3.05) is 0 Å². The lowest BCUT2D eigenvalue weighted by Gasteiger charge is -2.11. The third kappa shape index (κ3) is 4.15. The highest BCUT2D eigenvalue weighted by atomic mass is 16.6. The van der Waals surface area contributed by atoms with E-state index < -0.39 is 6.10 Å². The van der Waals surface area contributed by atoms with Crippen LogP contribution in [0, 0.1) is 0 Å². The molecule has 0 bridgehead atoms. The number of carbonyl (C=O) groups is 1. The highest BCUT2D eigenvalue weighted by Crippen LogP contribution is 2.22. The second-order valence-electron chi connectivity index (χ2n) is 6.00. The van der Waals surface area contributed by atoms with E-state index in [1.807, 2.05) is 51.1 Å². The molecule has 1 aromatic heterocycles. The topological polar surface area (TPSA) is 65.2 Å².